The van der Waals surface area contributed by atoms with Crippen LogP contribution in [0.1, 0.15) is 43.7 Å². The number of carbonyl (C=O) groups is 1. The van der Waals surface area contributed by atoms with Crippen molar-refractivity contribution in [3.8, 4) is 0 Å². The lowest BCUT2D eigenvalue weighted by molar-refractivity contribution is -0.383. The van der Waals surface area contributed by atoms with Crippen LogP contribution in [0.3, 0.4) is 0 Å². The summed E-state index contributed by atoms with van der Waals surface area (Å²) < 4.78 is 0. The van der Waals surface area contributed by atoms with Gasteiger partial charge < -0.3 is 21.1 Å². The summed E-state index contributed by atoms with van der Waals surface area (Å²) >= 11 is 0. The van der Waals surface area contributed by atoms with E-state index >= 15 is 0 Å². The molecule has 1 aliphatic heterocycles. The summed E-state index contributed by atoms with van der Waals surface area (Å²) in [7, 11) is 0. The van der Waals surface area contributed by atoms with Crippen LogP contribution in [0.5, 0.6) is 0 Å². The van der Waals surface area contributed by atoms with Gasteiger partial charge in [0.1, 0.15) is 6.54 Å². The van der Waals surface area contributed by atoms with Gasteiger partial charge in [0.05, 0.1) is 4.92 Å². The summed E-state index contributed by atoms with van der Waals surface area (Å²) in [6, 6.07) is 7.83. The van der Waals surface area contributed by atoms with Crippen molar-refractivity contribution in [2.45, 2.75) is 45.7 Å². The molecule has 11 heteroatoms. The van der Waals surface area contributed by atoms with Gasteiger partial charge in [0.2, 0.25) is 17.6 Å². The van der Waals surface area contributed by atoms with E-state index in [-0.39, 0.29) is 24.1 Å². The molecule has 1 aromatic carbocycles. The average molecular weight is 458 g/mol. The molecular formula is C22H31N7O4. The van der Waals surface area contributed by atoms with Gasteiger partial charge in [-0.1, -0.05) is 37.6 Å². The number of nitrogens with zero attached hydrogens (tertiary/aromatic N) is 5. The molecule has 178 valence electrons. The topological polar surface area (TPSA) is 151 Å². The number of nitrogens with two attached hydrogens (primary N) is 1. The molecule has 0 radical (unpaired) electrons. The molecule has 0 amide bonds. The van der Waals surface area contributed by atoms with E-state index in [0.29, 0.717) is 6.54 Å². The van der Waals surface area contributed by atoms with Crippen LogP contribution >= 0.6 is 0 Å². The Labute approximate surface area is 192 Å². The summed E-state index contributed by atoms with van der Waals surface area (Å²) in [4.78, 5) is 34.7. The van der Waals surface area contributed by atoms with E-state index in [1.807, 2.05) is 31.2 Å². The van der Waals surface area contributed by atoms with E-state index < -0.39 is 23.1 Å². The van der Waals surface area contributed by atoms with Crippen LogP contribution < -0.4 is 16.0 Å². The minimum Gasteiger partial charge on any atom is -0.480 e. The highest BCUT2D eigenvalue weighted by Crippen LogP contribution is 2.33. The second-order valence-corrected chi connectivity index (χ2v) is 8.20. The summed E-state index contributed by atoms with van der Waals surface area (Å²) in [5.74, 6) is -1.41. The van der Waals surface area contributed by atoms with Gasteiger partial charge in [-0.25, -0.2) is 0 Å². The predicted octanol–water partition coefficient (Wildman–Crippen LogP) is 2.87. The first-order chi connectivity index (χ1) is 15.9. The van der Waals surface area contributed by atoms with Crippen molar-refractivity contribution in [3.05, 3.63) is 45.5 Å². The Kier molecular flexibility index (Phi) is 8.36. The summed E-state index contributed by atoms with van der Waals surface area (Å²) in [6.07, 6.45) is 4.19. The van der Waals surface area contributed by atoms with Crippen LogP contribution in [0.2, 0.25) is 0 Å². The number of nitro groups is 1. The molecule has 33 heavy (non-hydrogen) atoms. The fourth-order valence-corrected chi connectivity index (χ4v) is 3.93. The van der Waals surface area contributed by atoms with Crippen LogP contribution in [-0.4, -0.2) is 57.0 Å². The zero-order valence-corrected chi connectivity index (χ0v) is 18.9. The SMILES string of the molecule is CCCCNc1nc(N)c([N+](=O)[O-])c(N(CC(=O)O)Cc2cccc(CN3CCCC3)c2)n1. The van der Waals surface area contributed by atoms with Crippen LogP contribution in [0.25, 0.3) is 0 Å². The Morgan fingerprint density at radius 2 is 2.03 bits per heavy atom. The summed E-state index contributed by atoms with van der Waals surface area (Å²) in [5.41, 5.74) is 7.34. The molecule has 1 aliphatic rings. The first-order valence-electron chi connectivity index (χ1n) is 11.2. The van der Waals surface area contributed by atoms with Crippen LogP contribution in [0.4, 0.5) is 23.3 Å². The van der Waals surface area contributed by atoms with Crippen molar-refractivity contribution < 1.29 is 14.8 Å². The second kappa shape index (κ2) is 11.4. The van der Waals surface area contributed by atoms with Gasteiger partial charge in [-0.3, -0.25) is 19.8 Å². The molecule has 4 N–H and O–H groups in total. The molecule has 1 aromatic heterocycles. The fourth-order valence-electron chi connectivity index (χ4n) is 3.93. The highest BCUT2D eigenvalue weighted by molar-refractivity contribution is 5.78. The second-order valence-electron chi connectivity index (χ2n) is 8.20. The van der Waals surface area contributed by atoms with Gasteiger partial charge in [-0.15, -0.1) is 0 Å². The minimum absolute atomic E-state index is 0.112. The molecule has 0 spiro atoms. The third kappa shape index (κ3) is 6.75. The highest BCUT2D eigenvalue weighted by Gasteiger charge is 2.29. The molecule has 0 saturated carbocycles. The molecule has 0 bridgehead atoms. The molecule has 2 aromatic rings. The standard InChI is InChI=1S/C22H31N7O4/c1-2-3-9-24-22-25-20(23)19(29(32)33)21(26-22)28(15-18(30)31)14-17-8-6-7-16(12-17)13-27-10-4-5-11-27/h6-8,12H,2-5,9-11,13-15H2,1H3,(H,30,31)(H3,23,24,25,26). The Balaban J connectivity index is 1.91. The monoisotopic (exact) mass is 457 g/mol. The van der Waals surface area contributed by atoms with Gasteiger partial charge in [-0.05, 0) is 43.5 Å². The van der Waals surface area contributed by atoms with Crippen molar-refractivity contribution in [2.24, 2.45) is 0 Å². The lowest BCUT2D eigenvalue weighted by Gasteiger charge is -2.23. The fraction of sp³-hybridized carbons (Fsp3) is 0.500. The molecule has 11 nitrogen and oxygen atoms in total. The van der Waals surface area contributed by atoms with Crippen LogP contribution in [0, 0.1) is 10.1 Å². The third-order valence-corrected chi connectivity index (χ3v) is 5.48. The van der Waals surface area contributed by atoms with E-state index in [0.717, 1.165) is 43.6 Å². The number of carboxylic acid groups (broad SMARTS) is 1. The molecular weight excluding hydrogens is 426 g/mol. The van der Waals surface area contributed by atoms with Crippen LogP contribution in [-0.2, 0) is 17.9 Å². The average Bonchev–Trinajstić information content (AvgIpc) is 3.26. The van der Waals surface area contributed by atoms with Gasteiger partial charge in [-0.2, -0.15) is 9.97 Å². The number of carboxylic acids is 1. The normalized spacial score (nSPS) is 13.7. The van der Waals surface area contributed by atoms with E-state index in [1.165, 1.54) is 17.7 Å². The zero-order chi connectivity index (χ0) is 23.8. The van der Waals surface area contributed by atoms with Crippen LogP contribution in [0.15, 0.2) is 24.3 Å². The number of aliphatic carboxylic acids is 1. The number of hydrogen-bond acceptors (Lipinski definition) is 9. The van der Waals surface area contributed by atoms with Crippen molar-refractivity contribution >= 4 is 29.2 Å². The number of unbranched alkanes of at least 4 members (excludes halogenated alkanes) is 1. The largest absolute Gasteiger partial charge is 0.480 e. The summed E-state index contributed by atoms with van der Waals surface area (Å²) in [5, 5.41) is 24.3. The maximum Gasteiger partial charge on any atom is 0.353 e. The van der Waals surface area contributed by atoms with Gasteiger partial charge in [0.15, 0.2) is 0 Å². The molecule has 3 rings (SSSR count). The van der Waals surface area contributed by atoms with E-state index in [9.17, 15) is 20.0 Å². The van der Waals surface area contributed by atoms with Gasteiger partial charge in [0, 0.05) is 19.6 Å². The maximum absolute atomic E-state index is 11.7. The van der Waals surface area contributed by atoms with Gasteiger partial charge >= 0.3 is 11.7 Å². The van der Waals surface area contributed by atoms with Crippen molar-refractivity contribution in [1.82, 2.24) is 14.9 Å². The lowest BCUT2D eigenvalue weighted by Crippen LogP contribution is -2.31. The highest BCUT2D eigenvalue weighted by atomic mass is 16.6. The summed E-state index contributed by atoms with van der Waals surface area (Å²) in [6.45, 7) is 5.22. The minimum atomic E-state index is -1.13. The first kappa shape index (κ1) is 24.2. The Morgan fingerprint density at radius 3 is 2.70 bits per heavy atom. The van der Waals surface area contributed by atoms with Crippen molar-refractivity contribution in [3.63, 3.8) is 0 Å². The Morgan fingerprint density at radius 1 is 1.30 bits per heavy atom. The number of likely N-dealkylation sites (tertiary alicyclic amines) is 1. The number of nitrogen functional groups attached to an aromatic ring is 1. The maximum atomic E-state index is 11.7. The van der Waals surface area contributed by atoms with E-state index in [2.05, 4.69) is 20.2 Å². The van der Waals surface area contributed by atoms with E-state index in [1.54, 1.807) is 0 Å². The molecule has 0 atom stereocenters. The molecule has 1 fully saturated rings. The Bertz CT molecular complexity index is 979. The molecule has 0 aliphatic carbocycles. The zero-order valence-electron chi connectivity index (χ0n) is 18.9. The molecule has 1 saturated heterocycles. The number of nitrogens with one attached hydrogen (secondary N) is 1. The number of rotatable bonds is 12. The number of hydrogen-bond donors (Lipinski definition) is 3. The number of aromatic nitrogens is 2. The smallest absolute Gasteiger partial charge is 0.353 e. The first-order valence-corrected chi connectivity index (χ1v) is 11.2. The molecule has 0 unspecified atom stereocenters. The molecule has 2 heterocycles. The third-order valence-electron chi connectivity index (χ3n) is 5.48. The number of anilines is 3. The van der Waals surface area contributed by atoms with Crippen molar-refractivity contribution in [2.75, 3.05) is 42.1 Å². The number of benzene rings is 1. The Hall–Kier alpha value is -3.47. The van der Waals surface area contributed by atoms with Gasteiger partial charge in [0.25, 0.3) is 0 Å². The van der Waals surface area contributed by atoms with E-state index in [4.69, 9.17) is 5.73 Å². The predicted molar refractivity (Wildman–Crippen MR) is 126 cm³/mol. The lowest BCUT2D eigenvalue weighted by atomic mass is 10.1. The quantitative estimate of drug-likeness (QED) is 0.246. The van der Waals surface area contributed by atoms with Crippen molar-refractivity contribution in [1.29, 1.82) is 0 Å².